The van der Waals surface area contributed by atoms with Gasteiger partial charge < -0.3 is 0 Å². The molecule has 1 fully saturated rings. The molecule has 0 aromatic rings. The van der Waals surface area contributed by atoms with E-state index in [0.717, 1.165) is 38.5 Å². The second kappa shape index (κ2) is 11.0. The number of unbranched alkanes of at least 4 members (excludes halogenated alkanes) is 1. The third-order valence-electron chi connectivity index (χ3n) is 5.77. The minimum Gasteiger partial charge on any atom is -0.247 e. The average Bonchev–Trinajstić information content (AvgIpc) is 2.64. The van der Waals surface area contributed by atoms with Crippen molar-refractivity contribution in [3.8, 4) is 0 Å². The van der Waals surface area contributed by atoms with E-state index < -0.39 is 23.0 Å². The van der Waals surface area contributed by atoms with Crippen molar-refractivity contribution in [1.82, 2.24) is 0 Å². The first kappa shape index (κ1) is 23.9. The van der Waals surface area contributed by atoms with Crippen molar-refractivity contribution < 1.29 is 29.1 Å². The lowest BCUT2D eigenvalue weighted by molar-refractivity contribution is -0.502. The molecule has 6 heteroatoms. The Morgan fingerprint density at radius 3 is 2.22 bits per heavy atom. The SMILES string of the molecule is CCCCC(CC)(CCC(C)C)C(=O)OOC(=O)C1(CC)OOC1CCC. The van der Waals surface area contributed by atoms with E-state index in [4.69, 9.17) is 19.6 Å². The van der Waals surface area contributed by atoms with Crippen LogP contribution in [0.15, 0.2) is 0 Å². The predicted molar refractivity (Wildman–Crippen MR) is 102 cm³/mol. The van der Waals surface area contributed by atoms with Gasteiger partial charge in [0.15, 0.2) is 0 Å². The Kier molecular flexibility index (Phi) is 9.74. The van der Waals surface area contributed by atoms with Crippen LogP contribution in [0.25, 0.3) is 0 Å². The maximum Gasteiger partial charge on any atom is 0.393 e. The molecule has 3 unspecified atom stereocenters. The third kappa shape index (κ3) is 5.67. The van der Waals surface area contributed by atoms with Gasteiger partial charge in [-0.3, -0.25) is 0 Å². The van der Waals surface area contributed by atoms with Crippen LogP contribution in [0.5, 0.6) is 0 Å². The number of carbonyl (C=O) groups is 2. The molecule has 1 aliphatic heterocycles. The largest absolute Gasteiger partial charge is 0.393 e. The summed E-state index contributed by atoms with van der Waals surface area (Å²) in [5.74, 6) is -0.648. The Morgan fingerprint density at radius 2 is 1.78 bits per heavy atom. The minimum atomic E-state index is -1.17. The van der Waals surface area contributed by atoms with E-state index in [1.54, 1.807) is 0 Å². The Labute approximate surface area is 164 Å². The number of carbonyl (C=O) groups excluding carboxylic acids is 2. The van der Waals surface area contributed by atoms with Crippen LogP contribution >= 0.6 is 0 Å². The van der Waals surface area contributed by atoms with Crippen LogP contribution in [0.4, 0.5) is 0 Å². The van der Waals surface area contributed by atoms with Crippen LogP contribution in [-0.2, 0) is 29.1 Å². The topological polar surface area (TPSA) is 71.1 Å². The van der Waals surface area contributed by atoms with Gasteiger partial charge in [-0.2, -0.15) is 0 Å². The number of rotatable bonds is 12. The fourth-order valence-corrected chi connectivity index (χ4v) is 3.51. The highest BCUT2D eigenvalue weighted by Gasteiger charge is 2.58. The molecule has 158 valence electrons. The molecule has 0 N–H and O–H groups in total. The van der Waals surface area contributed by atoms with E-state index in [0.29, 0.717) is 25.2 Å². The van der Waals surface area contributed by atoms with Crippen molar-refractivity contribution in [3.63, 3.8) is 0 Å². The molecule has 1 heterocycles. The predicted octanol–water partition coefficient (Wildman–Crippen LogP) is 5.29. The van der Waals surface area contributed by atoms with E-state index in [-0.39, 0.29) is 6.10 Å². The van der Waals surface area contributed by atoms with Crippen LogP contribution in [0, 0.1) is 11.3 Å². The summed E-state index contributed by atoms with van der Waals surface area (Å²) in [4.78, 5) is 45.7. The van der Waals surface area contributed by atoms with E-state index in [1.165, 1.54) is 0 Å². The van der Waals surface area contributed by atoms with Gasteiger partial charge in [0.1, 0.15) is 6.10 Å². The highest BCUT2D eigenvalue weighted by atomic mass is 17.3. The van der Waals surface area contributed by atoms with Gasteiger partial charge in [0, 0.05) is 0 Å². The molecule has 0 aliphatic carbocycles. The summed E-state index contributed by atoms with van der Waals surface area (Å²) in [6, 6.07) is 0. The lowest BCUT2D eigenvalue weighted by atomic mass is 9.75. The van der Waals surface area contributed by atoms with Crippen LogP contribution in [0.2, 0.25) is 0 Å². The summed E-state index contributed by atoms with van der Waals surface area (Å²) in [5, 5.41) is 0. The van der Waals surface area contributed by atoms with Gasteiger partial charge in [0.25, 0.3) is 0 Å². The second-order valence-electron chi connectivity index (χ2n) is 8.11. The van der Waals surface area contributed by atoms with Crippen molar-refractivity contribution >= 4 is 11.9 Å². The number of hydrogen-bond donors (Lipinski definition) is 0. The number of hydrogen-bond acceptors (Lipinski definition) is 6. The van der Waals surface area contributed by atoms with Gasteiger partial charge >= 0.3 is 11.9 Å². The highest BCUT2D eigenvalue weighted by molar-refractivity contribution is 5.82. The molecule has 6 nitrogen and oxygen atoms in total. The Balaban J connectivity index is 2.78. The molecule has 0 bridgehead atoms. The van der Waals surface area contributed by atoms with Crippen molar-refractivity contribution in [2.45, 2.75) is 111 Å². The standard InChI is InChI=1S/C21H38O6/c1-7-11-14-20(9-3,15-13-16(5)6)18(22)25-26-19(23)21(10-4)17(12-8-2)24-27-21/h16-17H,7-15H2,1-6H3. The van der Waals surface area contributed by atoms with E-state index in [9.17, 15) is 9.59 Å². The van der Waals surface area contributed by atoms with Gasteiger partial charge in [-0.15, -0.1) is 0 Å². The summed E-state index contributed by atoms with van der Waals surface area (Å²) in [5.41, 5.74) is -1.79. The first-order valence-electron chi connectivity index (χ1n) is 10.6. The Morgan fingerprint density at radius 1 is 1.07 bits per heavy atom. The second-order valence-corrected chi connectivity index (χ2v) is 8.11. The van der Waals surface area contributed by atoms with E-state index in [1.807, 2.05) is 20.8 Å². The van der Waals surface area contributed by atoms with Crippen LogP contribution in [-0.4, -0.2) is 23.6 Å². The molecule has 27 heavy (non-hydrogen) atoms. The fraction of sp³-hybridized carbons (Fsp3) is 0.905. The summed E-state index contributed by atoms with van der Waals surface area (Å²) in [7, 11) is 0. The fourth-order valence-electron chi connectivity index (χ4n) is 3.51. The lowest BCUT2D eigenvalue weighted by Gasteiger charge is -2.43. The lowest BCUT2D eigenvalue weighted by Crippen LogP contribution is -2.61. The van der Waals surface area contributed by atoms with Crippen LogP contribution in [0.3, 0.4) is 0 Å². The highest BCUT2D eigenvalue weighted by Crippen LogP contribution is 2.39. The molecule has 0 spiro atoms. The van der Waals surface area contributed by atoms with Crippen LogP contribution in [0.1, 0.15) is 99.3 Å². The molecular weight excluding hydrogens is 348 g/mol. The Bertz CT molecular complexity index is 473. The zero-order valence-electron chi connectivity index (χ0n) is 18.0. The zero-order chi connectivity index (χ0) is 20.5. The summed E-state index contributed by atoms with van der Waals surface area (Å²) in [6.07, 6.45) is 6.56. The third-order valence-corrected chi connectivity index (χ3v) is 5.77. The van der Waals surface area contributed by atoms with Crippen molar-refractivity contribution in [2.75, 3.05) is 0 Å². The summed E-state index contributed by atoms with van der Waals surface area (Å²) in [6.45, 7) is 12.2. The first-order chi connectivity index (χ1) is 12.8. The monoisotopic (exact) mass is 386 g/mol. The molecule has 0 aromatic heterocycles. The van der Waals surface area contributed by atoms with Gasteiger partial charge in [0.2, 0.25) is 5.60 Å². The van der Waals surface area contributed by atoms with Crippen molar-refractivity contribution in [1.29, 1.82) is 0 Å². The van der Waals surface area contributed by atoms with Crippen molar-refractivity contribution in [2.24, 2.45) is 11.3 Å². The summed E-state index contributed by atoms with van der Waals surface area (Å²) < 4.78 is 0. The molecule has 3 atom stereocenters. The molecule has 1 aliphatic rings. The van der Waals surface area contributed by atoms with Crippen molar-refractivity contribution in [3.05, 3.63) is 0 Å². The van der Waals surface area contributed by atoms with Gasteiger partial charge in [0.05, 0.1) is 5.41 Å². The molecule has 0 radical (unpaired) electrons. The van der Waals surface area contributed by atoms with Gasteiger partial charge in [-0.05, 0) is 44.4 Å². The zero-order valence-corrected chi connectivity index (χ0v) is 18.0. The minimum absolute atomic E-state index is 0.365. The molecule has 0 amide bonds. The molecule has 1 rings (SSSR count). The van der Waals surface area contributed by atoms with E-state index in [2.05, 4.69) is 20.8 Å². The van der Waals surface area contributed by atoms with Gasteiger partial charge in [-0.25, -0.2) is 29.1 Å². The molecular formula is C21H38O6. The van der Waals surface area contributed by atoms with Gasteiger partial charge in [-0.1, -0.05) is 60.8 Å². The van der Waals surface area contributed by atoms with Crippen LogP contribution < -0.4 is 0 Å². The molecule has 0 saturated carbocycles. The Hall–Kier alpha value is -1.14. The smallest absolute Gasteiger partial charge is 0.247 e. The quantitative estimate of drug-likeness (QED) is 0.335. The normalized spacial score (nSPS) is 24.2. The first-order valence-corrected chi connectivity index (χ1v) is 10.6. The molecule has 0 aromatic carbocycles. The summed E-state index contributed by atoms with van der Waals surface area (Å²) >= 11 is 0. The van der Waals surface area contributed by atoms with E-state index >= 15 is 0 Å². The maximum atomic E-state index is 12.9. The maximum absolute atomic E-state index is 12.9. The average molecular weight is 387 g/mol. The molecule has 1 saturated heterocycles.